The molecule has 1 fully saturated rings. The van der Waals surface area contributed by atoms with Gasteiger partial charge in [0.05, 0.1) is 18.9 Å². The summed E-state index contributed by atoms with van der Waals surface area (Å²) in [5, 5.41) is 0.790. The van der Waals surface area contributed by atoms with E-state index in [0.29, 0.717) is 50.1 Å². The highest BCUT2D eigenvalue weighted by atomic mass is 32.2. The van der Waals surface area contributed by atoms with Crippen molar-refractivity contribution in [3.8, 4) is 5.75 Å². The first-order chi connectivity index (χ1) is 19.6. The average molecular weight is 584 g/mol. The first-order valence-corrected chi connectivity index (χ1v) is 14.0. The molecule has 0 aliphatic carbocycles. The average Bonchev–Trinajstić information content (AvgIpc) is 2.96. The lowest BCUT2D eigenvalue weighted by Gasteiger charge is -2.34. The molecule has 0 radical (unpaired) electrons. The molecule has 5 rings (SSSR count). The van der Waals surface area contributed by atoms with Crippen LogP contribution in [0.5, 0.6) is 5.75 Å². The summed E-state index contributed by atoms with van der Waals surface area (Å²) in [6.45, 7) is 3.10. The highest BCUT2D eigenvalue weighted by Crippen LogP contribution is 2.36. The summed E-state index contributed by atoms with van der Waals surface area (Å²) in [6.07, 6.45) is -0.779. The number of anilines is 1. The third-order valence-corrected chi connectivity index (χ3v) is 8.10. The molecule has 2 aromatic carbocycles. The fourth-order valence-electron chi connectivity index (χ4n) is 4.66. The Kier molecular flexibility index (Phi) is 8.34. The summed E-state index contributed by atoms with van der Waals surface area (Å²) in [5.41, 5.74) is 1.56. The zero-order valence-electron chi connectivity index (χ0n) is 22.5. The molecule has 0 saturated carbocycles. The maximum absolute atomic E-state index is 14.1. The number of hydrogen-bond donors (Lipinski definition) is 0. The highest BCUT2D eigenvalue weighted by molar-refractivity contribution is 7.93. The van der Waals surface area contributed by atoms with Crippen LogP contribution >= 0.6 is 0 Å². The number of para-hydroxylation sites is 1. The van der Waals surface area contributed by atoms with Crippen molar-refractivity contribution in [3.05, 3.63) is 90.1 Å². The number of benzene rings is 2. The molecule has 214 valence electrons. The molecule has 1 aliphatic rings. The Morgan fingerprint density at radius 1 is 1.07 bits per heavy atom. The van der Waals surface area contributed by atoms with Gasteiger partial charge in [-0.25, -0.2) is 4.39 Å². The number of hydrogen-bond acceptors (Lipinski definition) is 7. The quantitative estimate of drug-likeness (QED) is 0.274. The maximum atomic E-state index is 14.1. The molecule has 3 heterocycles. The summed E-state index contributed by atoms with van der Waals surface area (Å²) >= 11 is -1.82. The Balaban J connectivity index is 1.34. The van der Waals surface area contributed by atoms with Gasteiger partial charge in [0.2, 0.25) is 4.90 Å². The lowest BCUT2D eigenvalue weighted by molar-refractivity contribution is -0.158. The monoisotopic (exact) mass is 583 g/mol. The van der Waals surface area contributed by atoms with Crippen LogP contribution in [0.1, 0.15) is 23.0 Å². The van der Waals surface area contributed by atoms with Crippen molar-refractivity contribution >= 4 is 33.9 Å². The third kappa shape index (κ3) is 6.72. The lowest BCUT2D eigenvalue weighted by Crippen LogP contribution is -2.48. The summed E-state index contributed by atoms with van der Waals surface area (Å²) < 4.78 is 61.1. The standard InChI is InChI=1S/C29H28F3N5O3S/c1-29(31,32)40-25-17-21(28(38)37-15-13-36(14-16-37)19-23-10-9-22(30)18-34-23)8-11-24(25)35(2)41(39)26-7-3-5-20-6-4-12-33-27(20)26/h3-12,17-18H,13-16,19H2,1-2H3. The number of fused-ring (bicyclic) bond motifs is 1. The number of alkyl halides is 2. The van der Waals surface area contributed by atoms with E-state index >= 15 is 0 Å². The van der Waals surface area contributed by atoms with Crippen LogP contribution in [0.3, 0.4) is 0 Å². The van der Waals surface area contributed by atoms with Gasteiger partial charge < -0.3 is 14.2 Å². The van der Waals surface area contributed by atoms with Crippen LogP contribution in [-0.2, 0) is 17.9 Å². The van der Waals surface area contributed by atoms with Crippen molar-refractivity contribution in [1.82, 2.24) is 19.8 Å². The number of carbonyl (C=O) groups excluding carboxylic acids is 1. The Labute approximate surface area is 238 Å². The highest BCUT2D eigenvalue weighted by Gasteiger charge is 2.31. The molecule has 1 saturated heterocycles. The molecular weight excluding hydrogens is 555 g/mol. The van der Waals surface area contributed by atoms with Gasteiger partial charge in [0.25, 0.3) is 5.91 Å². The van der Waals surface area contributed by atoms with Gasteiger partial charge in [-0.15, -0.1) is 0 Å². The predicted octanol–water partition coefficient (Wildman–Crippen LogP) is 4.88. The number of carbonyl (C=O) groups is 1. The van der Waals surface area contributed by atoms with Gasteiger partial charge >= 0.3 is 6.11 Å². The van der Waals surface area contributed by atoms with E-state index in [1.165, 1.54) is 41.8 Å². The number of halogens is 3. The van der Waals surface area contributed by atoms with Crippen LogP contribution in [0.2, 0.25) is 0 Å². The maximum Gasteiger partial charge on any atom is 0.394 e. The minimum atomic E-state index is -3.54. The Morgan fingerprint density at radius 2 is 1.83 bits per heavy atom. The van der Waals surface area contributed by atoms with E-state index in [9.17, 15) is 22.5 Å². The number of amides is 1. The van der Waals surface area contributed by atoms with E-state index in [2.05, 4.69) is 14.9 Å². The first kappa shape index (κ1) is 28.7. The van der Waals surface area contributed by atoms with Gasteiger partial charge in [-0.2, -0.15) is 13.1 Å². The number of pyridine rings is 2. The molecule has 41 heavy (non-hydrogen) atoms. The van der Waals surface area contributed by atoms with E-state index < -0.39 is 23.3 Å². The van der Waals surface area contributed by atoms with Gasteiger partial charge in [-0.05, 0) is 42.5 Å². The topological polar surface area (TPSA) is 84.9 Å². The third-order valence-electron chi connectivity index (χ3n) is 6.70. The number of aromatic nitrogens is 2. The number of piperazine rings is 1. The second-order valence-corrected chi connectivity index (χ2v) is 11.2. The fraction of sp³-hybridized carbons (Fsp3) is 0.276. The van der Waals surface area contributed by atoms with E-state index in [1.54, 1.807) is 35.4 Å². The first-order valence-electron chi connectivity index (χ1n) is 12.9. The molecule has 1 unspecified atom stereocenters. The number of nitrogens with zero attached hydrogens (tertiary/aromatic N) is 5. The van der Waals surface area contributed by atoms with Crippen molar-refractivity contribution < 1.29 is 27.3 Å². The second-order valence-electron chi connectivity index (χ2n) is 9.71. The minimum absolute atomic E-state index is 0.131. The van der Waals surface area contributed by atoms with Crippen molar-refractivity contribution in [2.24, 2.45) is 0 Å². The smallest absolute Gasteiger partial charge is 0.394 e. The van der Waals surface area contributed by atoms with E-state index in [-0.39, 0.29) is 22.9 Å². The van der Waals surface area contributed by atoms with Gasteiger partial charge in [0.1, 0.15) is 28.4 Å². The number of ether oxygens (including phenoxy) is 1. The molecule has 1 atom stereocenters. The van der Waals surface area contributed by atoms with Crippen molar-refractivity contribution in [1.29, 1.82) is 0 Å². The lowest BCUT2D eigenvalue weighted by atomic mass is 10.1. The Morgan fingerprint density at radius 3 is 2.54 bits per heavy atom. The van der Waals surface area contributed by atoms with Crippen LogP contribution < -0.4 is 9.04 Å². The largest absolute Gasteiger partial charge is 0.588 e. The Hall–Kier alpha value is -3.87. The van der Waals surface area contributed by atoms with Crippen LogP contribution in [0.25, 0.3) is 10.9 Å². The normalized spacial score (nSPS) is 15.1. The minimum Gasteiger partial charge on any atom is -0.588 e. The predicted molar refractivity (Wildman–Crippen MR) is 150 cm³/mol. The van der Waals surface area contributed by atoms with Gasteiger partial charge in [-0.3, -0.25) is 19.7 Å². The fourth-order valence-corrected chi connectivity index (χ4v) is 5.81. The molecule has 4 aromatic rings. The Bertz CT molecular complexity index is 1520. The molecule has 0 N–H and O–H groups in total. The van der Waals surface area contributed by atoms with Gasteiger partial charge in [0, 0.05) is 56.8 Å². The van der Waals surface area contributed by atoms with Crippen LogP contribution in [0.4, 0.5) is 18.9 Å². The van der Waals surface area contributed by atoms with Gasteiger partial charge in [-0.1, -0.05) is 18.2 Å². The summed E-state index contributed by atoms with van der Waals surface area (Å²) in [4.78, 5) is 25.9. The number of rotatable bonds is 8. The SMILES string of the molecule is CN(c1ccc(C(=O)N2CCN(Cc3ccc(F)cn3)CC2)cc1OC(C)(F)F)[S+]([O-])c1cccc2cccnc12. The van der Waals surface area contributed by atoms with Crippen molar-refractivity contribution in [3.63, 3.8) is 0 Å². The van der Waals surface area contributed by atoms with Crippen LogP contribution in [-0.4, -0.2) is 69.6 Å². The van der Waals surface area contributed by atoms with Crippen LogP contribution in [0, 0.1) is 5.82 Å². The van der Waals surface area contributed by atoms with E-state index in [0.717, 1.165) is 11.1 Å². The molecule has 2 aromatic heterocycles. The molecular formula is C29H28F3N5O3S. The summed E-state index contributed by atoms with van der Waals surface area (Å²) in [5.74, 6) is -1.00. The van der Waals surface area contributed by atoms with Crippen LogP contribution in [0.15, 0.2) is 78.0 Å². The molecule has 0 spiro atoms. The summed E-state index contributed by atoms with van der Waals surface area (Å²) in [6, 6.07) is 16.1. The molecule has 1 amide bonds. The molecule has 8 nitrogen and oxygen atoms in total. The van der Waals surface area contributed by atoms with E-state index in [4.69, 9.17) is 4.74 Å². The summed E-state index contributed by atoms with van der Waals surface area (Å²) in [7, 11) is 1.50. The zero-order valence-corrected chi connectivity index (χ0v) is 23.3. The molecule has 0 bridgehead atoms. The molecule has 12 heteroatoms. The van der Waals surface area contributed by atoms with Crippen molar-refractivity contribution in [2.45, 2.75) is 24.5 Å². The second kappa shape index (κ2) is 11.9. The van der Waals surface area contributed by atoms with Crippen molar-refractivity contribution in [2.75, 3.05) is 37.5 Å². The van der Waals surface area contributed by atoms with Gasteiger partial charge in [0.15, 0.2) is 5.75 Å². The van der Waals surface area contributed by atoms with E-state index in [1.807, 2.05) is 12.1 Å². The zero-order chi connectivity index (χ0) is 29.1. The molecule has 1 aliphatic heterocycles.